The van der Waals surface area contributed by atoms with Crippen molar-refractivity contribution in [2.75, 3.05) is 0 Å². The maximum Gasteiger partial charge on any atom is 0.238 e. The smallest absolute Gasteiger partial charge is 0.238 e. The van der Waals surface area contributed by atoms with Crippen LogP contribution in [0, 0.1) is 0 Å². The lowest BCUT2D eigenvalue weighted by Crippen LogP contribution is -2.24. The summed E-state index contributed by atoms with van der Waals surface area (Å²) in [6.45, 7) is 0. The molecule has 1 aliphatic heterocycles. The molecule has 132 valence electrons. The largest absolute Gasteiger partial charge is 0.368 e. The van der Waals surface area contributed by atoms with Crippen molar-refractivity contribution in [1.82, 2.24) is 9.88 Å². The zero-order chi connectivity index (χ0) is 18.3. The van der Waals surface area contributed by atoms with Crippen molar-refractivity contribution in [2.45, 2.75) is 11.1 Å². The summed E-state index contributed by atoms with van der Waals surface area (Å²) in [4.78, 5) is 4.42. The number of sulfonamides is 1. The van der Waals surface area contributed by atoms with Gasteiger partial charge in [0.15, 0.2) is 6.23 Å². The van der Waals surface area contributed by atoms with Gasteiger partial charge in [-0.3, -0.25) is 0 Å². The predicted molar refractivity (Wildman–Crippen MR) is 98.8 cm³/mol. The zero-order valence-corrected chi connectivity index (χ0v) is 14.4. The highest BCUT2D eigenvalue weighted by Gasteiger charge is 2.25. The van der Waals surface area contributed by atoms with Crippen molar-refractivity contribution < 1.29 is 13.5 Å². The molecule has 26 heavy (non-hydrogen) atoms. The Balaban J connectivity index is 1.89. The first-order chi connectivity index (χ1) is 12.4. The number of aromatic nitrogens is 1. The highest BCUT2D eigenvalue weighted by molar-refractivity contribution is 7.89. The maximum absolute atomic E-state index is 11.5. The van der Waals surface area contributed by atoms with Gasteiger partial charge in [-0.1, -0.05) is 30.3 Å². The Labute approximate surface area is 150 Å². The SMILES string of the molecule is NS(=O)(=O)c1ccc(-c2cn(-c3ccccc3)c3c2N=CNC3O)cc1. The molecule has 0 spiro atoms. The van der Waals surface area contributed by atoms with Gasteiger partial charge in [-0.2, -0.15) is 0 Å². The van der Waals surface area contributed by atoms with E-state index in [4.69, 9.17) is 5.14 Å². The fourth-order valence-corrected chi connectivity index (χ4v) is 3.51. The number of aliphatic imine (C=N–C) groups is 1. The predicted octanol–water partition coefficient (Wildman–Crippen LogP) is 2.05. The van der Waals surface area contributed by atoms with E-state index in [0.29, 0.717) is 11.4 Å². The van der Waals surface area contributed by atoms with Crippen LogP contribution in [0.15, 0.2) is 70.7 Å². The van der Waals surface area contributed by atoms with Crippen LogP contribution >= 0.6 is 0 Å². The van der Waals surface area contributed by atoms with E-state index in [-0.39, 0.29) is 4.90 Å². The van der Waals surface area contributed by atoms with Crippen LogP contribution in [0.25, 0.3) is 16.8 Å². The van der Waals surface area contributed by atoms with Crippen LogP contribution in [0.3, 0.4) is 0 Å². The van der Waals surface area contributed by atoms with Gasteiger partial charge in [0.05, 0.1) is 22.6 Å². The summed E-state index contributed by atoms with van der Waals surface area (Å²) in [6, 6.07) is 15.9. The van der Waals surface area contributed by atoms with E-state index in [1.165, 1.54) is 18.5 Å². The molecule has 2 heterocycles. The molecule has 0 fully saturated rings. The molecular formula is C18H16N4O3S. The third kappa shape index (κ3) is 2.80. The second-order valence-corrected chi connectivity index (χ2v) is 7.44. The number of hydrogen-bond acceptors (Lipinski definition) is 5. The van der Waals surface area contributed by atoms with Crippen LogP contribution in [0.5, 0.6) is 0 Å². The Hall–Kier alpha value is -2.94. The molecule has 7 nitrogen and oxygen atoms in total. The number of fused-ring (bicyclic) bond motifs is 1. The van der Waals surface area contributed by atoms with Gasteiger partial charge < -0.3 is 15.0 Å². The summed E-state index contributed by atoms with van der Waals surface area (Å²) in [5.41, 5.74) is 3.68. The maximum atomic E-state index is 11.5. The van der Waals surface area contributed by atoms with E-state index < -0.39 is 16.3 Å². The summed E-state index contributed by atoms with van der Waals surface area (Å²) in [7, 11) is -3.75. The van der Waals surface area contributed by atoms with Gasteiger partial charge in [0.25, 0.3) is 0 Å². The van der Waals surface area contributed by atoms with Gasteiger partial charge in [-0.25, -0.2) is 18.5 Å². The van der Waals surface area contributed by atoms with E-state index in [1.54, 1.807) is 12.1 Å². The highest BCUT2D eigenvalue weighted by atomic mass is 32.2. The molecule has 0 amide bonds. The molecule has 0 saturated carbocycles. The Morgan fingerprint density at radius 1 is 1.08 bits per heavy atom. The zero-order valence-electron chi connectivity index (χ0n) is 13.6. The number of aliphatic hydroxyl groups is 1. The van der Waals surface area contributed by atoms with Crippen molar-refractivity contribution in [1.29, 1.82) is 0 Å². The van der Waals surface area contributed by atoms with Gasteiger partial charge in [0.1, 0.15) is 0 Å². The van der Waals surface area contributed by atoms with E-state index in [1.807, 2.05) is 41.1 Å². The number of rotatable bonds is 3. The fraction of sp³-hybridized carbons (Fsp3) is 0.0556. The second kappa shape index (κ2) is 6.10. The Morgan fingerprint density at radius 2 is 1.77 bits per heavy atom. The van der Waals surface area contributed by atoms with E-state index in [9.17, 15) is 13.5 Å². The molecule has 4 N–H and O–H groups in total. The molecule has 3 aromatic rings. The molecule has 1 atom stereocenters. The van der Waals surface area contributed by atoms with Crippen LogP contribution in [-0.2, 0) is 10.0 Å². The van der Waals surface area contributed by atoms with Gasteiger partial charge in [0.2, 0.25) is 10.0 Å². The summed E-state index contributed by atoms with van der Waals surface area (Å²) in [5.74, 6) is 0. The Bertz CT molecular complexity index is 1090. The second-order valence-electron chi connectivity index (χ2n) is 5.88. The first kappa shape index (κ1) is 16.5. The van der Waals surface area contributed by atoms with Gasteiger partial charge in [-0.15, -0.1) is 0 Å². The van der Waals surface area contributed by atoms with Gasteiger partial charge in [-0.05, 0) is 29.8 Å². The van der Waals surface area contributed by atoms with Crippen LogP contribution in [0.1, 0.15) is 11.9 Å². The number of primary sulfonamides is 1. The average molecular weight is 368 g/mol. The van der Waals surface area contributed by atoms with Crippen molar-refractivity contribution >= 4 is 22.0 Å². The van der Waals surface area contributed by atoms with E-state index in [2.05, 4.69) is 10.3 Å². The molecule has 2 aromatic carbocycles. The van der Waals surface area contributed by atoms with Crippen LogP contribution in [0.2, 0.25) is 0 Å². The van der Waals surface area contributed by atoms with Crippen molar-refractivity contribution in [3.63, 3.8) is 0 Å². The van der Waals surface area contributed by atoms with Crippen molar-refractivity contribution in [3.05, 3.63) is 66.5 Å². The number of nitrogens with zero attached hydrogens (tertiary/aromatic N) is 2. The number of nitrogens with one attached hydrogen (secondary N) is 1. The summed E-state index contributed by atoms with van der Waals surface area (Å²) in [5, 5.41) is 18.3. The van der Waals surface area contributed by atoms with Crippen LogP contribution < -0.4 is 10.5 Å². The van der Waals surface area contributed by atoms with Crippen LogP contribution in [0.4, 0.5) is 5.69 Å². The number of benzene rings is 2. The minimum Gasteiger partial charge on any atom is -0.368 e. The molecule has 4 rings (SSSR count). The third-order valence-electron chi connectivity index (χ3n) is 4.23. The molecular weight excluding hydrogens is 352 g/mol. The van der Waals surface area contributed by atoms with E-state index >= 15 is 0 Å². The summed E-state index contributed by atoms with van der Waals surface area (Å²) >= 11 is 0. The topological polar surface area (TPSA) is 110 Å². The van der Waals surface area contributed by atoms with Crippen molar-refractivity contribution in [2.24, 2.45) is 10.1 Å². The molecule has 0 saturated heterocycles. The molecule has 0 bridgehead atoms. The lowest BCUT2D eigenvalue weighted by atomic mass is 10.1. The first-order valence-electron chi connectivity index (χ1n) is 7.86. The summed E-state index contributed by atoms with van der Waals surface area (Å²) in [6.07, 6.45) is 2.42. The Morgan fingerprint density at radius 3 is 2.42 bits per heavy atom. The summed E-state index contributed by atoms with van der Waals surface area (Å²) < 4.78 is 24.8. The lowest BCUT2D eigenvalue weighted by Gasteiger charge is -2.18. The number of para-hydroxylation sites is 1. The molecule has 0 radical (unpaired) electrons. The Kier molecular flexibility index (Phi) is 3.87. The number of aliphatic hydroxyl groups excluding tert-OH is 1. The fourth-order valence-electron chi connectivity index (χ4n) is 3.00. The first-order valence-corrected chi connectivity index (χ1v) is 9.40. The molecule has 1 aromatic heterocycles. The molecule has 1 unspecified atom stereocenters. The van der Waals surface area contributed by atoms with Crippen molar-refractivity contribution in [3.8, 4) is 16.8 Å². The minimum atomic E-state index is -3.75. The molecule has 0 aliphatic carbocycles. The van der Waals surface area contributed by atoms with Crippen LogP contribution in [-0.4, -0.2) is 24.4 Å². The normalized spacial score (nSPS) is 16.2. The number of nitrogens with two attached hydrogens (primary N) is 1. The monoisotopic (exact) mass is 368 g/mol. The van der Waals surface area contributed by atoms with E-state index in [0.717, 1.165) is 16.8 Å². The highest BCUT2D eigenvalue weighted by Crippen LogP contribution is 2.40. The van der Waals surface area contributed by atoms with Gasteiger partial charge >= 0.3 is 0 Å². The lowest BCUT2D eigenvalue weighted by molar-refractivity contribution is 0.156. The van der Waals surface area contributed by atoms with Gasteiger partial charge in [0, 0.05) is 17.4 Å². The minimum absolute atomic E-state index is 0.0443. The third-order valence-corrected chi connectivity index (χ3v) is 5.16. The average Bonchev–Trinajstić information content (AvgIpc) is 3.03. The number of hydrogen-bond donors (Lipinski definition) is 3. The standard InChI is InChI=1S/C18H16N4O3S/c19-26(24,25)14-8-6-12(7-9-14)15-10-22(13-4-2-1-3-5-13)17-16(15)20-11-21-18(17)23/h1-11,18,23H,(H,20,21)(H2,19,24,25). The molecule has 1 aliphatic rings. The molecule has 8 heteroatoms. The quantitative estimate of drug-likeness (QED) is 0.657.